The number of benzene rings is 1. The summed E-state index contributed by atoms with van der Waals surface area (Å²) in [5.74, 6) is -0.667. The van der Waals surface area contributed by atoms with E-state index in [9.17, 15) is 9.59 Å². The molecule has 1 aromatic carbocycles. The van der Waals surface area contributed by atoms with E-state index in [1.165, 1.54) is 0 Å². The Morgan fingerprint density at radius 3 is 2.33 bits per heavy atom. The van der Waals surface area contributed by atoms with Crippen LogP contribution in [0.5, 0.6) is 0 Å². The second-order valence-electron chi connectivity index (χ2n) is 5.32. The second kappa shape index (κ2) is 8.00. The fraction of sp³-hybridized carbons (Fsp3) is 0.467. The first-order chi connectivity index (χ1) is 9.86. The van der Waals surface area contributed by atoms with Crippen LogP contribution in [-0.2, 0) is 4.79 Å². The van der Waals surface area contributed by atoms with Crippen LogP contribution in [0.4, 0.5) is 0 Å². The summed E-state index contributed by atoms with van der Waals surface area (Å²) in [5, 5.41) is 5.85. The molecule has 0 spiro atoms. The van der Waals surface area contributed by atoms with Gasteiger partial charge in [-0.05, 0) is 25.0 Å². The van der Waals surface area contributed by atoms with Crippen molar-refractivity contribution in [2.24, 2.45) is 11.7 Å². The summed E-state index contributed by atoms with van der Waals surface area (Å²) in [4.78, 5) is 24.4. The third-order valence-corrected chi connectivity index (χ3v) is 3.43. The van der Waals surface area contributed by atoms with Crippen molar-refractivity contribution in [1.29, 1.82) is 0 Å². The van der Waals surface area contributed by atoms with Crippen LogP contribution in [-0.4, -0.2) is 30.4 Å². The van der Waals surface area contributed by atoms with Gasteiger partial charge in [-0.3, -0.25) is 9.59 Å². The normalized spacial score (nSPS) is 13.6. The molecule has 4 N–H and O–H groups in total. The first-order valence-electron chi connectivity index (χ1n) is 6.92. The van der Waals surface area contributed by atoms with Gasteiger partial charge < -0.3 is 16.4 Å². The lowest BCUT2D eigenvalue weighted by atomic mass is 10.0. The fourth-order valence-electron chi connectivity index (χ4n) is 1.79. The number of nitrogens with two attached hydrogens (primary N) is 1. The molecule has 5 nitrogen and oxygen atoms in total. The fourth-order valence-corrected chi connectivity index (χ4v) is 2.01. The lowest BCUT2D eigenvalue weighted by Crippen LogP contribution is -2.52. The smallest absolute Gasteiger partial charge is 0.253 e. The summed E-state index contributed by atoms with van der Waals surface area (Å²) in [6.07, 6.45) is 0. The maximum Gasteiger partial charge on any atom is 0.253 e. The number of nitrogens with one attached hydrogen (secondary N) is 2. The highest BCUT2D eigenvalue weighted by Gasteiger charge is 2.25. The molecule has 1 rings (SSSR count). The van der Waals surface area contributed by atoms with Crippen molar-refractivity contribution in [3.8, 4) is 0 Å². The zero-order valence-corrected chi connectivity index (χ0v) is 13.3. The van der Waals surface area contributed by atoms with Crippen molar-refractivity contribution in [3.63, 3.8) is 0 Å². The standard InChI is InChI=1S/C15H22ClN3O2/c1-9(2)13(15(21)18-10(3)8-17)19-14(20)11-6-4-5-7-12(11)16/h4-7,9-10,13H,8,17H2,1-3H3,(H,18,21)(H,19,20)/t10-,13?/m0/s1. The summed E-state index contributed by atoms with van der Waals surface area (Å²) < 4.78 is 0. The molecule has 0 aliphatic rings. The van der Waals surface area contributed by atoms with E-state index in [0.717, 1.165) is 0 Å². The minimum Gasteiger partial charge on any atom is -0.351 e. The zero-order chi connectivity index (χ0) is 16.0. The van der Waals surface area contributed by atoms with E-state index >= 15 is 0 Å². The molecule has 1 aromatic rings. The van der Waals surface area contributed by atoms with E-state index in [1.807, 2.05) is 20.8 Å². The number of halogens is 1. The van der Waals surface area contributed by atoms with Crippen molar-refractivity contribution in [2.75, 3.05) is 6.54 Å². The topological polar surface area (TPSA) is 84.2 Å². The first-order valence-corrected chi connectivity index (χ1v) is 7.30. The van der Waals surface area contributed by atoms with E-state index in [2.05, 4.69) is 10.6 Å². The monoisotopic (exact) mass is 311 g/mol. The van der Waals surface area contributed by atoms with Crippen LogP contribution in [0.25, 0.3) is 0 Å². The van der Waals surface area contributed by atoms with E-state index in [4.69, 9.17) is 17.3 Å². The van der Waals surface area contributed by atoms with Gasteiger partial charge in [0.15, 0.2) is 0 Å². The molecule has 116 valence electrons. The highest BCUT2D eigenvalue weighted by Crippen LogP contribution is 2.15. The summed E-state index contributed by atoms with van der Waals surface area (Å²) in [5.41, 5.74) is 5.84. The molecule has 2 atom stereocenters. The maximum absolute atomic E-state index is 12.2. The van der Waals surface area contributed by atoms with Crippen molar-refractivity contribution >= 4 is 23.4 Å². The van der Waals surface area contributed by atoms with Crippen LogP contribution in [0.3, 0.4) is 0 Å². The van der Waals surface area contributed by atoms with E-state index in [-0.39, 0.29) is 23.8 Å². The van der Waals surface area contributed by atoms with Gasteiger partial charge in [-0.2, -0.15) is 0 Å². The van der Waals surface area contributed by atoms with Crippen LogP contribution in [0.1, 0.15) is 31.1 Å². The molecule has 0 saturated heterocycles. The molecule has 0 radical (unpaired) electrons. The van der Waals surface area contributed by atoms with Gasteiger partial charge in [0.2, 0.25) is 5.91 Å². The van der Waals surface area contributed by atoms with Crippen molar-refractivity contribution in [2.45, 2.75) is 32.9 Å². The van der Waals surface area contributed by atoms with Crippen LogP contribution in [0.2, 0.25) is 5.02 Å². The van der Waals surface area contributed by atoms with E-state index < -0.39 is 6.04 Å². The highest BCUT2D eigenvalue weighted by atomic mass is 35.5. The third-order valence-electron chi connectivity index (χ3n) is 3.10. The maximum atomic E-state index is 12.2. The number of amides is 2. The molecule has 0 heterocycles. The van der Waals surface area contributed by atoms with Crippen LogP contribution < -0.4 is 16.4 Å². The quantitative estimate of drug-likeness (QED) is 0.745. The summed E-state index contributed by atoms with van der Waals surface area (Å²) >= 11 is 5.99. The van der Waals surface area contributed by atoms with Crippen molar-refractivity contribution < 1.29 is 9.59 Å². The molecule has 6 heteroatoms. The first kappa shape index (κ1) is 17.5. The lowest BCUT2D eigenvalue weighted by molar-refractivity contribution is -0.124. The molecule has 0 bridgehead atoms. The van der Waals surface area contributed by atoms with Gasteiger partial charge >= 0.3 is 0 Å². The Labute approximate surface area is 130 Å². The number of carbonyl (C=O) groups is 2. The number of hydrogen-bond donors (Lipinski definition) is 3. The summed E-state index contributed by atoms with van der Waals surface area (Å²) in [6, 6.07) is 5.95. The third kappa shape index (κ3) is 5.02. The number of rotatable bonds is 6. The number of carbonyl (C=O) groups excluding carboxylic acids is 2. The summed E-state index contributed by atoms with van der Waals surface area (Å²) in [6.45, 7) is 5.88. The molecule has 21 heavy (non-hydrogen) atoms. The van der Waals surface area contributed by atoms with Gasteiger partial charge in [-0.1, -0.05) is 37.6 Å². The van der Waals surface area contributed by atoms with Gasteiger partial charge in [-0.15, -0.1) is 0 Å². The minimum atomic E-state index is -0.636. The Balaban J connectivity index is 2.82. The Hall–Kier alpha value is -1.59. The highest BCUT2D eigenvalue weighted by molar-refractivity contribution is 6.33. The zero-order valence-electron chi connectivity index (χ0n) is 12.5. The Morgan fingerprint density at radius 2 is 1.81 bits per heavy atom. The van der Waals surface area contributed by atoms with E-state index in [1.54, 1.807) is 24.3 Å². The van der Waals surface area contributed by atoms with Crippen molar-refractivity contribution in [1.82, 2.24) is 10.6 Å². The SMILES string of the molecule is CC(C)C(NC(=O)c1ccccc1Cl)C(=O)N[C@@H](C)CN. The van der Waals surface area contributed by atoms with Crippen LogP contribution >= 0.6 is 11.6 Å². The van der Waals surface area contributed by atoms with Gasteiger partial charge in [0, 0.05) is 12.6 Å². The van der Waals surface area contributed by atoms with Crippen LogP contribution in [0, 0.1) is 5.92 Å². The largest absolute Gasteiger partial charge is 0.351 e. The Morgan fingerprint density at radius 1 is 1.19 bits per heavy atom. The number of hydrogen-bond acceptors (Lipinski definition) is 3. The molecule has 0 aliphatic carbocycles. The average molecular weight is 312 g/mol. The molecular weight excluding hydrogens is 290 g/mol. The molecular formula is C15H22ClN3O2. The predicted molar refractivity (Wildman–Crippen MR) is 84.2 cm³/mol. The lowest BCUT2D eigenvalue weighted by Gasteiger charge is -2.23. The summed E-state index contributed by atoms with van der Waals surface area (Å²) in [7, 11) is 0. The Bertz CT molecular complexity index is 505. The molecule has 2 amide bonds. The molecule has 0 aliphatic heterocycles. The molecule has 0 saturated carbocycles. The minimum absolute atomic E-state index is 0.0542. The van der Waals surface area contributed by atoms with Crippen molar-refractivity contribution in [3.05, 3.63) is 34.9 Å². The second-order valence-corrected chi connectivity index (χ2v) is 5.73. The van der Waals surface area contributed by atoms with Gasteiger partial charge in [0.25, 0.3) is 5.91 Å². The Kier molecular flexibility index (Phi) is 6.65. The van der Waals surface area contributed by atoms with E-state index in [0.29, 0.717) is 17.1 Å². The predicted octanol–water partition coefficient (Wildman–Crippen LogP) is 1.56. The molecule has 1 unspecified atom stereocenters. The average Bonchev–Trinajstić information content (AvgIpc) is 2.44. The molecule has 0 aromatic heterocycles. The van der Waals surface area contributed by atoms with Crippen LogP contribution in [0.15, 0.2) is 24.3 Å². The molecule has 0 fully saturated rings. The van der Waals surface area contributed by atoms with Gasteiger partial charge in [-0.25, -0.2) is 0 Å². The van der Waals surface area contributed by atoms with Gasteiger partial charge in [0.1, 0.15) is 6.04 Å². The van der Waals surface area contributed by atoms with Gasteiger partial charge in [0.05, 0.1) is 10.6 Å².